The first-order valence-electron chi connectivity index (χ1n) is 10.9. The summed E-state index contributed by atoms with van der Waals surface area (Å²) >= 11 is 0. The van der Waals surface area contributed by atoms with Crippen molar-refractivity contribution >= 4 is 29.5 Å². The van der Waals surface area contributed by atoms with Crippen LogP contribution < -0.4 is 5.46 Å². The van der Waals surface area contributed by atoms with E-state index >= 15 is 0 Å². The highest BCUT2D eigenvalue weighted by atomic mass is 19.1. The van der Waals surface area contributed by atoms with Gasteiger partial charge in [-0.25, -0.2) is 4.39 Å². The topological polar surface area (TPSA) is 60.6 Å². The van der Waals surface area contributed by atoms with E-state index in [4.69, 9.17) is 14.0 Å². The van der Waals surface area contributed by atoms with Crippen LogP contribution in [0.3, 0.4) is 0 Å². The fourth-order valence-corrected chi connectivity index (χ4v) is 4.03. The summed E-state index contributed by atoms with van der Waals surface area (Å²) in [5.41, 5.74) is 3.96. The molecule has 1 aliphatic heterocycles. The lowest BCUT2D eigenvalue weighted by Gasteiger charge is -2.32. The van der Waals surface area contributed by atoms with Crippen molar-refractivity contribution in [3.63, 3.8) is 0 Å². The number of aromatic amines is 1. The normalized spacial score (nSPS) is 17.1. The van der Waals surface area contributed by atoms with E-state index in [0.29, 0.717) is 19.3 Å². The first-order valence-corrected chi connectivity index (χ1v) is 10.9. The minimum absolute atomic E-state index is 0.230. The number of hydrogen-bond acceptors (Lipinski definition) is 4. The van der Waals surface area contributed by atoms with Crippen LogP contribution in [0, 0.1) is 5.82 Å². The molecule has 0 spiro atoms. The molecule has 0 unspecified atom stereocenters. The second kappa shape index (κ2) is 8.37. The smallest absolute Gasteiger partial charge is 0.469 e. The molecule has 32 heavy (non-hydrogen) atoms. The number of H-pyrrole nitrogens is 1. The van der Waals surface area contributed by atoms with E-state index in [1.54, 1.807) is 12.1 Å². The fourth-order valence-electron chi connectivity index (χ4n) is 4.03. The third-order valence-electron chi connectivity index (χ3n) is 6.62. The minimum atomic E-state index is -0.462. The molecule has 3 aromatic rings. The molecule has 0 amide bonds. The molecule has 168 valence electrons. The van der Waals surface area contributed by atoms with Gasteiger partial charge in [-0.05, 0) is 87.5 Å². The van der Waals surface area contributed by atoms with Gasteiger partial charge in [0.15, 0.2) is 0 Å². The number of carbonyl (C=O) groups is 1. The zero-order valence-corrected chi connectivity index (χ0v) is 19.3. The lowest BCUT2D eigenvalue weighted by Crippen LogP contribution is -2.41. The zero-order chi connectivity index (χ0) is 23.1. The second-order valence-corrected chi connectivity index (χ2v) is 9.31. The molecule has 0 aliphatic carbocycles. The van der Waals surface area contributed by atoms with Gasteiger partial charge in [0, 0.05) is 23.0 Å². The van der Waals surface area contributed by atoms with E-state index < -0.39 is 18.3 Å². The molecule has 0 saturated carbocycles. The van der Waals surface area contributed by atoms with E-state index in [1.165, 1.54) is 19.2 Å². The maximum absolute atomic E-state index is 13.5. The molecule has 1 N–H and O–H groups in total. The summed E-state index contributed by atoms with van der Waals surface area (Å²) in [5.74, 6) is -0.508. The predicted octanol–water partition coefficient (Wildman–Crippen LogP) is 4.77. The van der Waals surface area contributed by atoms with Crippen molar-refractivity contribution < 1.29 is 23.2 Å². The van der Waals surface area contributed by atoms with Gasteiger partial charge in [-0.1, -0.05) is 12.1 Å². The first-order chi connectivity index (χ1) is 15.1. The summed E-state index contributed by atoms with van der Waals surface area (Å²) in [4.78, 5) is 15.1. The number of fused-ring (bicyclic) bond motifs is 1. The SMILES string of the molecule is COC(=O)CCCc1c(-c2ccc(F)cc2)[nH]c2ccc(B3OC(C)(C)C(C)(C)O3)cc12. The van der Waals surface area contributed by atoms with Gasteiger partial charge in [-0.15, -0.1) is 0 Å². The van der Waals surface area contributed by atoms with Crippen molar-refractivity contribution in [2.24, 2.45) is 0 Å². The lowest BCUT2D eigenvalue weighted by molar-refractivity contribution is -0.140. The number of aryl methyl sites for hydroxylation is 1. The maximum atomic E-state index is 13.5. The molecule has 4 rings (SSSR count). The molecule has 1 aliphatic rings. The van der Waals surface area contributed by atoms with Gasteiger partial charge in [-0.3, -0.25) is 4.79 Å². The number of ether oxygens (including phenoxy) is 1. The molecule has 0 atom stereocenters. The van der Waals surface area contributed by atoms with E-state index in [1.807, 2.05) is 39.8 Å². The Morgan fingerprint density at radius 3 is 2.34 bits per heavy atom. The number of carbonyl (C=O) groups excluding carboxylic acids is 1. The summed E-state index contributed by atoms with van der Waals surface area (Å²) < 4.78 is 30.8. The highest BCUT2D eigenvalue weighted by molar-refractivity contribution is 6.62. The van der Waals surface area contributed by atoms with Crippen molar-refractivity contribution in [1.29, 1.82) is 0 Å². The van der Waals surface area contributed by atoms with Gasteiger partial charge in [0.05, 0.1) is 18.3 Å². The highest BCUT2D eigenvalue weighted by Gasteiger charge is 2.51. The summed E-state index contributed by atoms with van der Waals surface area (Å²) in [6.45, 7) is 8.14. The van der Waals surface area contributed by atoms with Crippen LogP contribution in [0.5, 0.6) is 0 Å². The van der Waals surface area contributed by atoms with Crippen LogP contribution in [0.4, 0.5) is 4.39 Å². The Labute approximate surface area is 188 Å². The average molecular weight is 437 g/mol. The summed E-state index contributed by atoms with van der Waals surface area (Å²) in [5, 5.41) is 1.04. The van der Waals surface area contributed by atoms with Crippen LogP contribution in [0.25, 0.3) is 22.2 Å². The van der Waals surface area contributed by atoms with Crippen LogP contribution in [0.2, 0.25) is 0 Å². The summed E-state index contributed by atoms with van der Waals surface area (Å²) in [6, 6.07) is 12.6. The van der Waals surface area contributed by atoms with Crippen LogP contribution in [0.15, 0.2) is 42.5 Å². The van der Waals surface area contributed by atoms with Crippen molar-refractivity contribution in [3.05, 3.63) is 53.8 Å². The number of rotatable bonds is 6. The predicted molar refractivity (Wildman–Crippen MR) is 124 cm³/mol. The number of methoxy groups -OCH3 is 1. The Kier molecular flexibility index (Phi) is 5.90. The van der Waals surface area contributed by atoms with Gasteiger partial charge in [0.1, 0.15) is 5.82 Å². The third kappa shape index (κ3) is 4.19. The van der Waals surface area contributed by atoms with Crippen molar-refractivity contribution in [3.8, 4) is 11.3 Å². The molecule has 0 radical (unpaired) electrons. The van der Waals surface area contributed by atoms with Crippen LogP contribution in [-0.4, -0.2) is 36.4 Å². The van der Waals surface area contributed by atoms with Crippen molar-refractivity contribution in [1.82, 2.24) is 4.98 Å². The molecule has 1 aromatic heterocycles. The number of esters is 1. The van der Waals surface area contributed by atoms with E-state index in [-0.39, 0.29) is 11.8 Å². The minimum Gasteiger partial charge on any atom is -0.469 e. The van der Waals surface area contributed by atoms with Crippen molar-refractivity contribution in [2.75, 3.05) is 7.11 Å². The van der Waals surface area contributed by atoms with Gasteiger partial charge >= 0.3 is 13.1 Å². The largest absolute Gasteiger partial charge is 0.494 e. The summed E-state index contributed by atoms with van der Waals surface area (Å²) in [6.07, 6.45) is 1.66. The lowest BCUT2D eigenvalue weighted by atomic mass is 9.78. The quantitative estimate of drug-likeness (QED) is 0.446. The first kappa shape index (κ1) is 22.6. The van der Waals surface area contributed by atoms with Gasteiger partial charge in [0.25, 0.3) is 0 Å². The van der Waals surface area contributed by atoms with E-state index in [9.17, 15) is 9.18 Å². The molecular weight excluding hydrogens is 408 g/mol. The van der Waals surface area contributed by atoms with E-state index in [2.05, 4.69) is 11.1 Å². The van der Waals surface area contributed by atoms with Crippen molar-refractivity contribution in [2.45, 2.75) is 58.2 Å². The fraction of sp³-hybridized carbons (Fsp3) is 0.400. The maximum Gasteiger partial charge on any atom is 0.494 e. The number of halogens is 1. The molecule has 2 heterocycles. The number of aromatic nitrogens is 1. The van der Waals surface area contributed by atoms with Gasteiger partial charge < -0.3 is 19.0 Å². The number of benzene rings is 2. The molecular formula is C25H29BFNO4. The second-order valence-electron chi connectivity index (χ2n) is 9.31. The molecule has 7 heteroatoms. The monoisotopic (exact) mass is 437 g/mol. The van der Waals surface area contributed by atoms with Crippen LogP contribution in [-0.2, 0) is 25.3 Å². The number of hydrogen-bond donors (Lipinski definition) is 1. The standard InChI is InChI=1S/C25H29BFNO4/c1-24(2)25(3,4)32-26(31-24)17-11-14-21-20(15-17)19(7-6-8-22(29)30-5)23(28-21)16-9-12-18(27)13-10-16/h9-15,28H,6-8H2,1-5H3. The van der Waals surface area contributed by atoms with Crippen LogP contribution in [0.1, 0.15) is 46.1 Å². The molecule has 2 aromatic carbocycles. The Morgan fingerprint density at radius 2 is 1.72 bits per heavy atom. The van der Waals surface area contributed by atoms with E-state index in [0.717, 1.165) is 33.2 Å². The van der Waals surface area contributed by atoms with Gasteiger partial charge in [0.2, 0.25) is 0 Å². The number of nitrogens with one attached hydrogen (secondary N) is 1. The molecule has 1 fully saturated rings. The van der Waals surface area contributed by atoms with Gasteiger partial charge in [-0.2, -0.15) is 0 Å². The van der Waals surface area contributed by atoms with Crippen LogP contribution >= 0.6 is 0 Å². The molecule has 1 saturated heterocycles. The Bertz CT molecular complexity index is 1120. The highest BCUT2D eigenvalue weighted by Crippen LogP contribution is 2.37. The Morgan fingerprint density at radius 1 is 1.06 bits per heavy atom. The zero-order valence-electron chi connectivity index (χ0n) is 19.3. The summed E-state index contributed by atoms with van der Waals surface area (Å²) in [7, 11) is 0.936. The molecule has 0 bridgehead atoms. The Balaban J connectivity index is 1.74. The third-order valence-corrected chi connectivity index (χ3v) is 6.62. The molecule has 5 nitrogen and oxygen atoms in total. The average Bonchev–Trinajstić information content (AvgIpc) is 3.21. The Hall–Kier alpha value is -2.64.